The average Bonchev–Trinajstić information content (AvgIpc) is 1.99. The molecular weight excluding hydrogens is 243 g/mol. The fourth-order valence-electron chi connectivity index (χ4n) is 0.953. The van der Waals surface area contributed by atoms with E-state index >= 15 is 0 Å². The first-order valence-corrected chi connectivity index (χ1v) is 6.93. The Morgan fingerprint density at radius 3 is 2.20 bits per heavy atom. The van der Waals surface area contributed by atoms with Crippen molar-refractivity contribution < 1.29 is 26.7 Å². The first kappa shape index (κ1) is 12.4. The summed E-state index contributed by atoms with van der Waals surface area (Å²) in [4.78, 5) is 16.7. The molecule has 0 aliphatic carbocycles. The zero-order chi connectivity index (χ0) is 11.5. The first-order chi connectivity index (χ1) is 6.79. The van der Waals surface area contributed by atoms with Crippen LogP contribution in [0, 0.1) is 0 Å². The lowest BCUT2D eigenvalue weighted by Gasteiger charge is -2.05. The fraction of sp³-hybridized carbons (Fsp3) is 0.143. The van der Waals surface area contributed by atoms with Gasteiger partial charge in [0.2, 0.25) is 0 Å². The lowest BCUT2D eigenvalue weighted by Crippen LogP contribution is -2.07. The summed E-state index contributed by atoms with van der Waals surface area (Å²) in [5, 5.41) is 0. The number of phosphoric acid groups is 1. The molecule has 0 aromatic heterocycles. The van der Waals surface area contributed by atoms with Crippen molar-refractivity contribution in [2.45, 2.75) is 5.75 Å². The third kappa shape index (κ3) is 5.06. The Hall–Kier alpha value is -0.720. The van der Waals surface area contributed by atoms with Crippen LogP contribution in [-0.4, -0.2) is 18.2 Å². The first-order valence-electron chi connectivity index (χ1n) is 3.82. The second-order valence-electron chi connectivity index (χ2n) is 2.75. The van der Waals surface area contributed by atoms with Gasteiger partial charge in [-0.05, 0) is 5.56 Å². The molecule has 1 aromatic rings. The van der Waals surface area contributed by atoms with Crippen molar-refractivity contribution in [1.29, 1.82) is 0 Å². The van der Waals surface area contributed by atoms with Crippen LogP contribution in [0.1, 0.15) is 5.56 Å². The molecule has 0 amide bonds. The van der Waals surface area contributed by atoms with Crippen molar-refractivity contribution in [3.8, 4) is 0 Å². The zero-order valence-corrected chi connectivity index (χ0v) is 9.19. The maximum absolute atomic E-state index is 11.1. The molecule has 0 heterocycles. The van der Waals surface area contributed by atoms with Crippen molar-refractivity contribution in [3.05, 3.63) is 35.9 Å². The monoisotopic (exact) mass is 252 g/mol. The molecule has 0 saturated carbocycles. The molecule has 2 N–H and O–H groups in total. The van der Waals surface area contributed by atoms with Gasteiger partial charge in [-0.3, -0.25) is 0 Å². The minimum Gasteiger partial charge on any atom is -0.302 e. The summed E-state index contributed by atoms with van der Waals surface area (Å²) in [6.07, 6.45) is 0. The van der Waals surface area contributed by atoms with E-state index in [-0.39, 0.29) is 0 Å². The molecule has 6 nitrogen and oxygen atoms in total. The summed E-state index contributed by atoms with van der Waals surface area (Å²) < 4.78 is 36.2. The van der Waals surface area contributed by atoms with E-state index in [2.05, 4.69) is 3.97 Å². The van der Waals surface area contributed by atoms with Crippen molar-refractivity contribution in [1.82, 2.24) is 0 Å². The molecule has 0 unspecified atom stereocenters. The Balaban J connectivity index is 2.79. The highest BCUT2D eigenvalue weighted by atomic mass is 32.2. The van der Waals surface area contributed by atoms with Gasteiger partial charge in [0.05, 0.1) is 0 Å². The summed E-state index contributed by atoms with van der Waals surface area (Å²) in [5.41, 5.74) is 0.394. The molecule has 0 spiro atoms. The minimum absolute atomic E-state index is 0.394. The third-order valence-corrected chi connectivity index (χ3v) is 3.77. The normalized spacial score (nSPS) is 12.7. The lowest BCUT2D eigenvalue weighted by atomic mass is 10.2. The topological polar surface area (TPSA) is 101 Å². The minimum atomic E-state index is -5.01. The predicted octanol–water partition coefficient (Wildman–Crippen LogP) is 0.626. The molecule has 0 aliphatic heterocycles. The largest absolute Gasteiger partial charge is 0.484 e. The van der Waals surface area contributed by atoms with Crippen molar-refractivity contribution >= 4 is 17.9 Å². The predicted molar refractivity (Wildman–Crippen MR) is 52.2 cm³/mol. The van der Waals surface area contributed by atoms with Gasteiger partial charge in [0.15, 0.2) is 0 Å². The molecule has 0 atom stereocenters. The second-order valence-corrected chi connectivity index (χ2v) is 5.73. The summed E-state index contributed by atoms with van der Waals surface area (Å²) in [6.45, 7) is 0. The van der Waals surface area contributed by atoms with Crippen LogP contribution in [0.3, 0.4) is 0 Å². The van der Waals surface area contributed by atoms with Gasteiger partial charge in [0.1, 0.15) is 5.75 Å². The van der Waals surface area contributed by atoms with Crippen LogP contribution in [0.2, 0.25) is 0 Å². The molecule has 0 saturated heterocycles. The smallest absolute Gasteiger partial charge is 0.302 e. The van der Waals surface area contributed by atoms with E-state index in [1.54, 1.807) is 18.2 Å². The van der Waals surface area contributed by atoms with E-state index in [1.165, 1.54) is 12.1 Å². The van der Waals surface area contributed by atoms with E-state index in [9.17, 15) is 13.0 Å². The van der Waals surface area contributed by atoms with Gasteiger partial charge >= 0.3 is 7.82 Å². The molecule has 0 radical (unpaired) electrons. The molecule has 1 rings (SSSR count). The molecule has 84 valence electrons. The number of rotatable bonds is 4. The summed E-state index contributed by atoms with van der Waals surface area (Å²) in [5.74, 6) is -0.570. The average molecular weight is 252 g/mol. The highest BCUT2D eigenvalue weighted by Crippen LogP contribution is 2.38. The van der Waals surface area contributed by atoms with Crippen LogP contribution in [0.25, 0.3) is 0 Å². The Labute approximate surface area is 86.9 Å². The molecule has 0 fully saturated rings. The highest BCUT2D eigenvalue weighted by molar-refractivity contribution is 7.89. The molecule has 8 heteroatoms. The van der Waals surface area contributed by atoms with Crippen LogP contribution < -0.4 is 0 Å². The van der Waals surface area contributed by atoms with Gasteiger partial charge in [-0.2, -0.15) is 12.4 Å². The van der Waals surface area contributed by atoms with E-state index in [4.69, 9.17) is 9.79 Å². The van der Waals surface area contributed by atoms with E-state index in [1.807, 2.05) is 0 Å². The summed E-state index contributed by atoms with van der Waals surface area (Å²) in [6, 6.07) is 7.95. The van der Waals surface area contributed by atoms with Gasteiger partial charge in [0, 0.05) is 0 Å². The molecule has 0 aliphatic rings. The van der Waals surface area contributed by atoms with E-state index in [0.29, 0.717) is 5.56 Å². The Morgan fingerprint density at radius 2 is 1.73 bits per heavy atom. The maximum Gasteiger partial charge on any atom is 0.484 e. The summed E-state index contributed by atoms with van der Waals surface area (Å²) >= 11 is 0. The molecule has 15 heavy (non-hydrogen) atoms. The quantitative estimate of drug-likeness (QED) is 0.762. The number of hydrogen-bond donors (Lipinski definition) is 2. The lowest BCUT2D eigenvalue weighted by molar-refractivity contribution is 0.285. The molecule has 1 aromatic carbocycles. The van der Waals surface area contributed by atoms with Crippen molar-refractivity contribution in [3.63, 3.8) is 0 Å². The van der Waals surface area contributed by atoms with Gasteiger partial charge in [-0.15, -0.1) is 0 Å². The standard InChI is InChI=1S/C7H9O6PS/c8-14(9,10)13-15(11,12)6-7-4-2-1-3-5-7/h1-5H,6H2,(H2,8,9,10). The SMILES string of the molecule is O=P(O)(O)OS(=O)(=O)Cc1ccccc1. The number of hydrogen-bond acceptors (Lipinski definition) is 4. The van der Waals surface area contributed by atoms with Gasteiger partial charge in [-0.25, -0.2) is 4.57 Å². The van der Waals surface area contributed by atoms with Crippen molar-refractivity contribution in [2.75, 3.05) is 0 Å². The second kappa shape index (κ2) is 4.42. The number of benzene rings is 1. The highest BCUT2D eigenvalue weighted by Gasteiger charge is 2.25. The summed E-state index contributed by atoms with van der Waals surface area (Å²) in [7, 11) is -9.27. The maximum atomic E-state index is 11.1. The van der Waals surface area contributed by atoms with E-state index < -0.39 is 23.7 Å². The van der Waals surface area contributed by atoms with Crippen LogP contribution in [0.4, 0.5) is 0 Å². The van der Waals surface area contributed by atoms with Crippen molar-refractivity contribution in [2.24, 2.45) is 0 Å². The van der Waals surface area contributed by atoms with Gasteiger partial charge < -0.3 is 9.79 Å². The van der Waals surface area contributed by atoms with E-state index in [0.717, 1.165) is 0 Å². The fourth-order valence-corrected chi connectivity index (χ4v) is 2.95. The van der Waals surface area contributed by atoms with Crippen LogP contribution in [0.15, 0.2) is 30.3 Å². The zero-order valence-electron chi connectivity index (χ0n) is 7.48. The Morgan fingerprint density at radius 1 is 1.20 bits per heavy atom. The third-order valence-electron chi connectivity index (χ3n) is 1.40. The van der Waals surface area contributed by atoms with Gasteiger partial charge in [-0.1, -0.05) is 30.3 Å². The van der Waals surface area contributed by atoms with Crippen LogP contribution in [-0.2, 0) is 24.4 Å². The Bertz CT molecular complexity index is 462. The molecular formula is C7H9O6PS. The van der Waals surface area contributed by atoms with Crippen LogP contribution in [0.5, 0.6) is 0 Å². The molecule has 0 bridgehead atoms. The van der Waals surface area contributed by atoms with Crippen LogP contribution >= 0.6 is 7.82 Å². The Kier molecular flexibility index (Phi) is 3.64. The van der Waals surface area contributed by atoms with Gasteiger partial charge in [0.25, 0.3) is 10.1 Å².